The molecule has 1 aromatic rings. The molecule has 0 aliphatic rings. The Balaban J connectivity index is 2.20. The van der Waals surface area contributed by atoms with Gasteiger partial charge in [0.1, 0.15) is 0 Å². The van der Waals surface area contributed by atoms with Crippen LogP contribution in [0.4, 0.5) is 0 Å². The summed E-state index contributed by atoms with van der Waals surface area (Å²) in [4.78, 5) is 7.77. The first kappa shape index (κ1) is 14.0. The van der Waals surface area contributed by atoms with Crippen LogP contribution >= 0.6 is 11.3 Å². The van der Waals surface area contributed by atoms with E-state index in [1.807, 2.05) is 0 Å². The zero-order chi connectivity index (χ0) is 12.5. The highest BCUT2D eigenvalue weighted by molar-refractivity contribution is 7.09. The average Bonchev–Trinajstić information content (AvgIpc) is 2.86. The lowest BCUT2D eigenvalue weighted by atomic mass is 10.4. The normalized spacial score (nSPS) is 11.9. The fourth-order valence-corrected chi connectivity index (χ4v) is 1.97. The highest BCUT2D eigenvalue weighted by atomic mass is 32.1. The lowest BCUT2D eigenvalue weighted by Gasteiger charge is -2.16. The van der Waals surface area contributed by atoms with Gasteiger partial charge in [-0.1, -0.05) is 13.0 Å². The molecule has 0 radical (unpaired) electrons. The van der Waals surface area contributed by atoms with E-state index in [2.05, 4.69) is 52.0 Å². The van der Waals surface area contributed by atoms with Crippen molar-refractivity contribution < 1.29 is 0 Å². The lowest BCUT2D eigenvalue weighted by molar-refractivity contribution is 0.357. The molecule has 4 nitrogen and oxygen atoms in total. The predicted molar refractivity (Wildman–Crippen MR) is 75.7 cm³/mol. The van der Waals surface area contributed by atoms with E-state index in [9.17, 15) is 0 Å². The molecule has 17 heavy (non-hydrogen) atoms. The van der Waals surface area contributed by atoms with Crippen LogP contribution in [0.1, 0.15) is 11.8 Å². The van der Waals surface area contributed by atoms with Crippen molar-refractivity contribution in [2.75, 3.05) is 33.7 Å². The summed E-state index contributed by atoms with van der Waals surface area (Å²) in [7, 11) is 3.91. The highest BCUT2D eigenvalue weighted by Crippen LogP contribution is 2.06. The summed E-state index contributed by atoms with van der Waals surface area (Å²) in [6.07, 6.45) is 0. The van der Waals surface area contributed by atoms with Crippen molar-refractivity contribution in [1.29, 1.82) is 0 Å². The van der Waals surface area contributed by atoms with Crippen LogP contribution < -0.4 is 10.6 Å². The average molecular weight is 254 g/mol. The zero-order valence-electron chi connectivity index (χ0n) is 10.9. The van der Waals surface area contributed by atoms with Crippen molar-refractivity contribution in [1.82, 2.24) is 15.5 Å². The second-order valence-corrected chi connectivity index (χ2v) is 4.86. The fourth-order valence-electron chi connectivity index (χ4n) is 1.33. The number of aliphatic imine (C=N–C) groups is 1. The third-order valence-corrected chi connectivity index (χ3v) is 3.44. The van der Waals surface area contributed by atoms with E-state index in [1.165, 1.54) is 4.88 Å². The number of guanidine groups is 1. The molecule has 1 rings (SSSR count). The minimum atomic E-state index is 0.834. The molecule has 2 N–H and O–H groups in total. The number of hydrogen-bond acceptors (Lipinski definition) is 3. The monoisotopic (exact) mass is 254 g/mol. The van der Waals surface area contributed by atoms with Crippen molar-refractivity contribution in [3.63, 3.8) is 0 Å². The van der Waals surface area contributed by atoms with E-state index in [-0.39, 0.29) is 0 Å². The van der Waals surface area contributed by atoms with E-state index in [0.717, 1.165) is 32.1 Å². The number of hydrogen-bond donors (Lipinski definition) is 2. The highest BCUT2D eigenvalue weighted by Gasteiger charge is 1.99. The third-order valence-electron chi connectivity index (χ3n) is 2.56. The molecule has 0 saturated carbocycles. The van der Waals surface area contributed by atoms with Gasteiger partial charge in [0.15, 0.2) is 5.96 Å². The Hall–Kier alpha value is -1.07. The Morgan fingerprint density at radius 1 is 1.47 bits per heavy atom. The minimum absolute atomic E-state index is 0.834. The maximum absolute atomic E-state index is 4.19. The summed E-state index contributed by atoms with van der Waals surface area (Å²) in [5.41, 5.74) is 0. The number of nitrogens with one attached hydrogen (secondary N) is 2. The van der Waals surface area contributed by atoms with Crippen LogP contribution in [-0.2, 0) is 6.54 Å². The molecule has 0 aromatic carbocycles. The van der Waals surface area contributed by atoms with E-state index in [0.29, 0.717) is 0 Å². The van der Waals surface area contributed by atoms with Crippen LogP contribution in [-0.4, -0.2) is 44.6 Å². The zero-order valence-corrected chi connectivity index (χ0v) is 11.7. The van der Waals surface area contributed by atoms with E-state index in [4.69, 9.17) is 0 Å². The SMILES string of the molecule is CCN(C)CCNC(=NC)NCc1cccs1. The predicted octanol–water partition coefficient (Wildman–Crippen LogP) is 1.36. The maximum atomic E-state index is 4.19. The molecule has 0 unspecified atom stereocenters. The molecule has 0 atom stereocenters. The Labute approximate surface area is 108 Å². The Morgan fingerprint density at radius 3 is 2.88 bits per heavy atom. The fraction of sp³-hybridized carbons (Fsp3) is 0.583. The van der Waals surface area contributed by atoms with Gasteiger partial charge in [0.05, 0.1) is 6.54 Å². The molecule has 1 heterocycles. The summed E-state index contributed by atoms with van der Waals surface area (Å²) in [6.45, 7) is 6.00. The molecule has 1 aromatic heterocycles. The molecule has 96 valence electrons. The number of likely N-dealkylation sites (N-methyl/N-ethyl adjacent to an activating group) is 1. The van der Waals surface area contributed by atoms with E-state index < -0.39 is 0 Å². The molecule has 0 amide bonds. The molecular formula is C12H22N4S. The topological polar surface area (TPSA) is 39.7 Å². The van der Waals surface area contributed by atoms with Gasteiger partial charge in [0, 0.05) is 25.0 Å². The summed E-state index contributed by atoms with van der Waals surface area (Å²) >= 11 is 1.75. The van der Waals surface area contributed by atoms with Gasteiger partial charge in [0.25, 0.3) is 0 Å². The van der Waals surface area contributed by atoms with Gasteiger partial charge in [-0.15, -0.1) is 11.3 Å². The van der Waals surface area contributed by atoms with E-state index in [1.54, 1.807) is 18.4 Å². The van der Waals surface area contributed by atoms with Crippen LogP contribution in [0.25, 0.3) is 0 Å². The number of thiophene rings is 1. The van der Waals surface area contributed by atoms with E-state index >= 15 is 0 Å². The Kier molecular flexibility index (Phi) is 6.65. The van der Waals surface area contributed by atoms with Gasteiger partial charge in [-0.3, -0.25) is 4.99 Å². The largest absolute Gasteiger partial charge is 0.355 e. The first-order valence-electron chi connectivity index (χ1n) is 5.91. The molecule has 0 fully saturated rings. The maximum Gasteiger partial charge on any atom is 0.191 e. The van der Waals surface area contributed by atoms with Gasteiger partial charge < -0.3 is 15.5 Å². The summed E-state index contributed by atoms with van der Waals surface area (Å²) < 4.78 is 0. The molecule has 0 spiro atoms. The summed E-state index contributed by atoms with van der Waals surface area (Å²) in [5.74, 6) is 0.864. The first-order valence-corrected chi connectivity index (χ1v) is 6.79. The molecular weight excluding hydrogens is 232 g/mol. The van der Waals surface area contributed by atoms with Crippen LogP contribution in [0.3, 0.4) is 0 Å². The van der Waals surface area contributed by atoms with Gasteiger partial charge in [-0.05, 0) is 25.0 Å². The Morgan fingerprint density at radius 2 is 2.29 bits per heavy atom. The molecule has 5 heteroatoms. The van der Waals surface area contributed by atoms with Gasteiger partial charge >= 0.3 is 0 Å². The lowest BCUT2D eigenvalue weighted by Crippen LogP contribution is -2.40. The number of nitrogens with zero attached hydrogens (tertiary/aromatic N) is 2. The first-order chi connectivity index (χ1) is 8.26. The third kappa shape index (κ3) is 5.70. The summed E-state index contributed by atoms with van der Waals surface area (Å²) in [5, 5.41) is 8.68. The van der Waals surface area contributed by atoms with Crippen LogP contribution in [0, 0.1) is 0 Å². The summed E-state index contributed by atoms with van der Waals surface area (Å²) in [6, 6.07) is 4.18. The molecule has 0 bridgehead atoms. The smallest absolute Gasteiger partial charge is 0.191 e. The van der Waals surface area contributed by atoms with Crippen LogP contribution in [0.5, 0.6) is 0 Å². The second-order valence-electron chi connectivity index (χ2n) is 3.83. The van der Waals surface area contributed by atoms with Crippen molar-refractivity contribution in [3.05, 3.63) is 22.4 Å². The standard InChI is InChI=1S/C12H22N4S/c1-4-16(3)8-7-14-12(13-2)15-10-11-6-5-9-17-11/h5-6,9H,4,7-8,10H2,1-3H3,(H2,13,14,15). The van der Waals surface area contributed by atoms with Gasteiger partial charge in [-0.2, -0.15) is 0 Å². The molecule has 0 saturated heterocycles. The van der Waals surface area contributed by atoms with Crippen LogP contribution in [0.2, 0.25) is 0 Å². The quantitative estimate of drug-likeness (QED) is 0.595. The second kappa shape index (κ2) is 8.08. The molecule has 0 aliphatic carbocycles. The number of rotatable bonds is 6. The Bertz CT molecular complexity index is 321. The van der Waals surface area contributed by atoms with Gasteiger partial charge in [-0.25, -0.2) is 0 Å². The van der Waals surface area contributed by atoms with Crippen molar-refractivity contribution in [3.8, 4) is 0 Å². The minimum Gasteiger partial charge on any atom is -0.355 e. The van der Waals surface area contributed by atoms with Crippen molar-refractivity contribution >= 4 is 17.3 Å². The molecule has 0 aliphatic heterocycles. The van der Waals surface area contributed by atoms with Gasteiger partial charge in [0.2, 0.25) is 0 Å². The van der Waals surface area contributed by atoms with Crippen molar-refractivity contribution in [2.24, 2.45) is 4.99 Å². The van der Waals surface area contributed by atoms with Crippen LogP contribution in [0.15, 0.2) is 22.5 Å². The van der Waals surface area contributed by atoms with Crippen molar-refractivity contribution in [2.45, 2.75) is 13.5 Å².